The molecule has 178 valence electrons. The van der Waals surface area contributed by atoms with E-state index in [4.69, 9.17) is 4.98 Å². The Hall–Kier alpha value is -4.21. The summed E-state index contributed by atoms with van der Waals surface area (Å²) in [5, 5.41) is 8.67. The van der Waals surface area contributed by atoms with Crippen LogP contribution in [0.1, 0.15) is 22.2 Å². The number of thiophene rings is 1. The molecule has 6 rings (SSSR count). The summed E-state index contributed by atoms with van der Waals surface area (Å²) >= 11 is 1.43. The molecule has 8 nitrogen and oxygen atoms in total. The van der Waals surface area contributed by atoms with E-state index in [9.17, 15) is 4.79 Å². The van der Waals surface area contributed by atoms with Gasteiger partial charge in [0.15, 0.2) is 11.6 Å². The second-order valence-electron chi connectivity index (χ2n) is 9.01. The lowest BCUT2D eigenvalue weighted by Crippen LogP contribution is -2.10. The third kappa shape index (κ3) is 3.98. The average Bonchev–Trinajstić information content (AvgIpc) is 3.60. The average molecular weight is 494 g/mol. The zero-order valence-electron chi connectivity index (χ0n) is 20.0. The molecule has 0 aliphatic carbocycles. The van der Waals surface area contributed by atoms with Crippen LogP contribution in [0.5, 0.6) is 0 Å². The Bertz CT molecular complexity index is 1740. The normalized spacial score (nSPS) is 11.7. The van der Waals surface area contributed by atoms with E-state index in [2.05, 4.69) is 48.2 Å². The monoisotopic (exact) mass is 493 g/mol. The Balaban J connectivity index is 1.43. The number of hydrogen-bond acceptors (Lipinski definition) is 7. The van der Waals surface area contributed by atoms with Crippen molar-refractivity contribution in [2.45, 2.75) is 13.5 Å². The van der Waals surface area contributed by atoms with E-state index in [0.717, 1.165) is 61.4 Å². The number of nitrogens with zero attached hydrogens (tertiary/aromatic N) is 5. The first-order chi connectivity index (χ1) is 17.5. The SMILES string of the molecule is CC(=O)c1ccc(-c2nccc3[nH]c(-c4n[nH]c5ccc(-c6cncc(CN(C)C)c6)cc45)nc23)s1. The summed E-state index contributed by atoms with van der Waals surface area (Å²) in [4.78, 5) is 32.8. The van der Waals surface area contributed by atoms with Gasteiger partial charge in [-0.3, -0.25) is 19.9 Å². The summed E-state index contributed by atoms with van der Waals surface area (Å²) < 4.78 is 0. The highest BCUT2D eigenvalue weighted by Crippen LogP contribution is 2.34. The number of imidazole rings is 1. The first-order valence-electron chi connectivity index (χ1n) is 11.5. The molecular weight excluding hydrogens is 470 g/mol. The molecule has 5 aromatic heterocycles. The van der Waals surface area contributed by atoms with E-state index < -0.39 is 0 Å². The predicted octanol–water partition coefficient (Wildman–Crippen LogP) is 5.56. The number of H-pyrrole nitrogens is 2. The van der Waals surface area contributed by atoms with E-state index in [-0.39, 0.29) is 5.78 Å². The van der Waals surface area contributed by atoms with Crippen LogP contribution >= 0.6 is 11.3 Å². The van der Waals surface area contributed by atoms with Gasteiger partial charge in [0.1, 0.15) is 16.9 Å². The summed E-state index contributed by atoms with van der Waals surface area (Å²) in [5.74, 6) is 0.702. The summed E-state index contributed by atoms with van der Waals surface area (Å²) in [6.07, 6.45) is 5.54. The molecule has 0 spiro atoms. The van der Waals surface area contributed by atoms with Crippen LogP contribution < -0.4 is 0 Å². The van der Waals surface area contributed by atoms with Crippen LogP contribution in [0.25, 0.3) is 55.2 Å². The maximum atomic E-state index is 11.8. The zero-order chi connectivity index (χ0) is 24.8. The molecule has 36 heavy (non-hydrogen) atoms. The van der Waals surface area contributed by atoms with E-state index in [0.29, 0.717) is 10.7 Å². The van der Waals surface area contributed by atoms with E-state index in [1.165, 1.54) is 11.3 Å². The lowest BCUT2D eigenvalue weighted by atomic mass is 10.0. The van der Waals surface area contributed by atoms with Crippen LogP contribution in [0.15, 0.2) is 61.1 Å². The molecule has 0 amide bonds. The smallest absolute Gasteiger partial charge is 0.169 e. The third-order valence-corrected chi connectivity index (χ3v) is 7.19. The summed E-state index contributed by atoms with van der Waals surface area (Å²) in [6.45, 7) is 2.40. The number of carbonyl (C=O) groups is 1. The number of hydrogen-bond donors (Lipinski definition) is 2. The molecule has 0 aliphatic heterocycles. The number of rotatable bonds is 6. The second kappa shape index (κ2) is 8.78. The van der Waals surface area contributed by atoms with Crippen molar-refractivity contribution in [3.63, 3.8) is 0 Å². The maximum Gasteiger partial charge on any atom is 0.169 e. The molecule has 0 fully saturated rings. The molecule has 9 heteroatoms. The minimum absolute atomic E-state index is 0.0439. The number of carbonyl (C=O) groups excluding carboxylic acids is 1. The molecule has 0 bridgehead atoms. The largest absolute Gasteiger partial charge is 0.336 e. The number of ketones is 1. The molecular formula is C27H23N7OS. The van der Waals surface area contributed by atoms with Gasteiger partial charge in [-0.2, -0.15) is 5.10 Å². The zero-order valence-corrected chi connectivity index (χ0v) is 20.8. The first-order valence-corrected chi connectivity index (χ1v) is 12.3. The molecule has 2 N–H and O–H groups in total. The van der Waals surface area contributed by atoms with E-state index >= 15 is 0 Å². The molecule has 0 saturated carbocycles. The number of nitrogens with one attached hydrogen (secondary N) is 2. The van der Waals surface area contributed by atoms with Crippen molar-refractivity contribution in [3.8, 4) is 33.2 Å². The van der Waals surface area contributed by atoms with Crippen molar-refractivity contribution in [1.29, 1.82) is 0 Å². The fourth-order valence-corrected chi connectivity index (χ4v) is 5.25. The summed E-state index contributed by atoms with van der Waals surface area (Å²) in [5.41, 5.74) is 7.29. The Morgan fingerprint density at radius 2 is 1.89 bits per heavy atom. The Morgan fingerprint density at radius 1 is 1.00 bits per heavy atom. The maximum absolute atomic E-state index is 11.8. The predicted molar refractivity (Wildman–Crippen MR) is 143 cm³/mol. The number of benzene rings is 1. The van der Waals surface area contributed by atoms with Gasteiger partial charge >= 0.3 is 0 Å². The topological polar surface area (TPSA) is 103 Å². The third-order valence-electron chi connectivity index (χ3n) is 6.00. The van der Waals surface area contributed by atoms with Crippen LogP contribution in [0.3, 0.4) is 0 Å². The summed E-state index contributed by atoms with van der Waals surface area (Å²) in [6, 6.07) is 14.1. The molecule has 0 saturated heterocycles. The van der Waals surface area contributed by atoms with Crippen LogP contribution in [0.2, 0.25) is 0 Å². The van der Waals surface area contributed by atoms with Crippen molar-refractivity contribution in [2.75, 3.05) is 14.1 Å². The molecule has 0 unspecified atom stereocenters. The molecule has 1 aromatic carbocycles. The molecule has 0 atom stereocenters. The molecule has 0 radical (unpaired) electrons. The van der Waals surface area contributed by atoms with Crippen LogP contribution in [0, 0.1) is 0 Å². The van der Waals surface area contributed by atoms with Crippen molar-refractivity contribution < 1.29 is 4.79 Å². The fourth-order valence-electron chi connectivity index (χ4n) is 4.35. The Labute approximate surface area is 211 Å². The number of aromatic amines is 2. The van der Waals surface area contributed by atoms with Crippen LogP contribution in [0.4, 0.5) is 0 Å². The van der Waals surface area contributed by atoms with Crippen LogP contribution in [-0.2, 0) is 6.54 Å². The van der Waals surface area contributed by atoms with Gasteiger partial charge in [0.05, 0.1) is 20.8 Å². The number of aromatic nitrogens is 6. The minimum atomic E-state index is 0.0439. The van der Waals surface area contributed by atoms with Gasteiger partial charge in [-0.05, 0) is 68.5 Å². The number of pyridine rings is 2. The number of fused-ring (bicyclic) bond motifs is 2. The molecule has 6 aromatic rings. The van der Waals surface area contributed by atoms with Gasteiger partial charge < -0.3 is 9.88 Å². The fraction of sp³-hybridized carbons (Fsp3) is 0.148. The van der Waals surface area contributed by atoms with Gasteiger partial charge in [0, 0.05) is 36.1 Å². The van der Waals surface area contributed by atoms with Crippen LogP contribution in [-0.4, -0.2) is 54.9 Å². The van der Waals surface area contributed by atoms with Gasteiger partial charge in [-0.25, -0.2) is 4.98 Å². The van der Waals surface area contributed by atoms with Gasteiger partial charge in [-0.1, -0.05) is 6.07 Å². The second-order valence-corrected chi connectivity index (χ2v) is 10.1. The van der Waals surface area contributed by atoms with Gasteiger partial charge in [0.25, 0.3) is 0 Å². The summed E-state index contributed by atoms with van der Waals surface area (Å²) in [7, 11) is 4.09. The van der Waals surface area contributed by atoms with Crippen molar-refractivity contribution >= 4 is 39.1 Å². The highest BCUT2D eigenvalue weighted by atomic mass is 32.1. The molecule has 5 heterocycles. The highest BCUT2D eigenvalue weighted by Gasteiger charge is 2.18. The van der Waals surface area contributed by atoms with Gasteiger partial charge in [-0.15, -0.1) is 11.3 Å². The first kappa shape index (κ1) is 22.3. The quantitative estimate of drug-likeness (QED) is 0.295. The van der Waals surface area contributed by atoms with Crippen molar-refractivity contribution in [3.05, 3.63) is 71.5 Å². The highest BCUT2D eigenvalue weighted by molar-refractivity contribution is 7.17. The van der Waals surface area contributed by atoms with E-state index in [1.54, 1.807) is 13.1 Å². The standard InChI is InChI=1S/C27H23N7OS/c1-15(35)22-6-7-23(36-22)26-25-21(8-9-29-26)30-27(31-25)24-19-11-17(4-5-20(19)32-33-24)18-10-16(12-28-13-18)14-34(2)3/h4-13H,14H2,1-3H3,(H,30,31)(H,32,33). The number of Topliss-reactive ketones (excluding diaryl/α,β-unsaturated/α-hetero) is 1. The minimum Gasteiger partial charge on any atom is -0.336 e. The molecule has 0 aliphatic rings. The van der Waals surface area contributed by atoms with Crippen molar-refractivity contribution in [2.24, 2.45) is 0 Å². The van der Waals surface area contributed by atoms with E-state index in [1.807, 2.05) is 50.8 Å². The lowest BCUT2D eigenvalue weighted by molar-refractivity contribution is 0.102. The van der Waals surface area contributed by atoms with Gasteiger partial charge in [0.2, 0.25) is 0 Å². The Kier molecular flexibility index (Phi) is 5.43. The Morgan fingerprint density at radius 3 is 2.69 bits per heavy atom. The van der Waals surface area contributed by atoms with Crippen molar-refractivity contribution in [1.82, 2.24) is 35.0 Å². The lowest BCUT2D eigenvalue weighted by Gasteiger charge is -2.10.